The predicted molar refractivity (Wildman–Crippen MR) is 114 cm³/mol. The molecule has 1 amide bonds. The van der Waals surface area contributed by atoms with Crippen LogP contribution in [0, 0.1) is 0 Å². The van der Waals surface area contributed by atoms with Crippen molar-refractivity contribution in [2.24, 2.45) is 4.99 Å². The third kappa shape index (κ3) is 2.82. The second-order valence-corrected chi connectivity index (χ2v) is 8.37. The quantitative estimate of drug-likeness (QED) is 0.373. The maximum absolute atomic E-state index is 12.8. The van der Waals surface area contributed by atoms with E-state index in [-0.39, 0.29) is 11.9 Å². The van der Waals surface area contributed by atoms with E-state index in [1.54, 1.807) is 0 Å². The number of nitrogens with zero attached hydrogens (tertiary/aromatic N) is 1. The van der Waals surface area contributed by atoms with E-state index in [4.69, 9.17) is 0 Å². The summed E-state index contributed by atoms with van der Waals surface area (Å²) in [6.45, 7) is 0.507. The number of hydrogen-bond donors (Lipinski definition) is 3. The van der Waals surface area contributed by atoms with Gasteiger partial charge >= 0.3 is 0 Å². The largest absolute Gasteiger partial charge is 0.361 e. The second kappa shape index (κ2) is 6.35. The van der Waals surface area contributed by atoms with E-state index in [0.717, 1.165) is 41.9 Å². The third-order valence-electron chi connectivity index (χ3n) is 4.90. The number of aliphatic imine (C=N–C) groups is 1. The van der Waals surface area contributed by atoms with Crippen LogP contribution in [0.1, 0.15) is 17.2 Å². The maximum Gasteiger partial charge on any atom is 0.270 e. The molecule has 3 heterocycles. The zero-order valence-electron chi connectivity index (χ0n) is 14.0. The van der Waals surface area contributed by atoms with Gasteiger partial charge in [-0.05, 0) is 24.3 Å². The Morgan fingerprint density at radius 2 is 1.59 bits per heavy atom. The van der Waals surface area contributed by atoms with Crippen LogP contribution in [-0.4, -0.2) is 28.1 Å². The van der Waals surface area contributed by atoms with Gasteiger partial charge in [0, 0.05) is 54.3 Å². The molecule has 3 N–H and O–H groups in total. The van der Waals surface area contributed by atoms with Gasteiger partial charge < -0.3 is 15.3 Å². The zero-order valence-corrected chi connectivity index (χ0v) is 17.2. The minimum atomic E-state index is -0.151. The van der Waals surface area contributed by atoms with Crippen molar-refractivity contribution in [2.45, 2.75) is 6.04 Å². The first-order valence-electron chi connectivity index (χ1n) is 8.49. The van der Waals surface area contributed by atoms with Crippen LogP contribution < -0.4 is 5.32 Å². The first kappa shape index (κ1) is 16.8. The Morgan fingerprint density at radius 1 is 0.926 bits per heavy atom. The summed E-state index contributed by atoms with van der Waals surface area (Å²) in [4.78, 5) is 23.9. The fourth-order valence-corrected chi connectivity index (χ4v) is 4.34. The number of hydrogen-bond acceptors (Lipinski definition) is 2. The SMILES string of the molecule is O=C1N[C@@H](c2c[nH]c3cc(Br)ccc23)CN=C1c1c[nH]c2cc(Br)ccc12. The van der Waals surface area contributed by atoms with Crippen LogP contribution in [0.3, 0.4) is 0 Å². The standard InChI is InChI=1S/C20H14Br2N4O/c21-10-1-3-12-14(7-23-16(12)5-10)18-9-25-19(20(27)26-18)15-8-24-17-6-11(22)2-4-13(15)17/h1-8,18,23-24H,9H2,(H,26,27)/t18-/m1/s1. The molecule has 5 nitrogen and oxygen atoms in total. The van der Waals surface area contributed by atoms with Gasteiger partial charge in [-0.2, -0.15) is 0 Å². The molecule has 0 saturated carbocycles. The van der Waals surface area contributed by atoms with Crippen molar-refractivity contribution in [2.75, 3.05) is 6.54 Å². The summed E-state index contributed by atoms with van der Waals surface area (Å²) in [5, 5.41) is 5.20. The highest BCUT2D eigenvalue weighted by Crippen LogP contribution is 2.29. The highest BCUT2D eigenvalue weighted by atomic mass is 79.9. The Labute approximate surface area is 171 Å². The number of aromatic amines is 2. The van der Waals surface area contributed by atoms with Crippen LogP contribution >= 0.6 is 31.9 Å². The van der Waals surface area contributed by atoms with Gasteiger partial charge in [0.2, 0.25) is 0 Å². The average Bonchev–Trinajstić information content (AvgIpc) is 3.25. The van der Waals surface area contributed by atoms with Crippen LogP contribution in [0.25, 0.3) is 21.8 Å². The molecule has 134 valence electrons. The summed E-state index contributed by atoms with van der Waals surface area (Å²) in [6.07, 6.45) is 3.80. The lowest BCUT2D eigenvalue weighted by Crippen LogP contribution is -2.40. The highest BCUT2D eigenvalue weighted by Gasteiger charge is 2.27. The molecule has 2 aromatic carbocycles. The lowest BCUT2D eigenvalue weighted by Gasteiger charge is -2.22. The topological polar surface area (TPSA) is 73.0 Å². The van der Waals surface area contributed by atoms with Gasteiger partial charge in [0.15, 0.2) is 0 Å². The number of amides is 1. The van der Waals surface area contributed by atoms with E-state index in [0.29, 0.717) is 12.3 Å². The van der Waals surface area contributed by atoms with Crippen LogP contribution in [0.4, 0.5) is 0 Å². The summed E-state index contributed by atoms with van der Waals surface area (Å²) in [5.74, 6) is -0.151. The van der Waals surface area contributed by atoms with Crippen molar-refractivity contribution >= 4 is 65.3 Å². The summed E-state index contributed by atoms with van der Waals surface area (Å²) >= 11 is 6.95. The Kier molecular flexibility index (Phi) is 3.94. The molecule has 1 aliphatic rings. The number of rotatable bonds is 2. The molecule has 0 aliphatic carbocycles. The number of H-pyrrole nitrogens is 2. The molecule has 4 aromatic rings. The molecule has 7 heteroatoms. The minimum absolute atomic E-state index is 0.143. The van der Waals surface area contributed by atoms with Gasteiger partial charge in [-0.1, -0.05) is 44.0 Å². The number of halogens is 2. The molecule has 27 heavy (non-hydrogen) atoms. The lowest BCUT2D eigenvalue weighted by molar-refractivity contribution is -0.115. The van der Waals surface area contributed by atoms with E-state index in [1.165, 1.54) is 0 Å². The third-order valence-corrected chi connectivity index (χ3v) is 5.89. The summed E-state index contributed by atoms with van der Waals surface area (Å²) in [7, 11) is 0. The van der Waals surface area contributed by atoms with E-state index in [2.05, 4.69) is 52.1 Å². The molecule has 0 spiro atoms. The number of carbonyl (C=O) groups excluding carboxylic acids is 1. The number of aromatic nitrogens is 2. The van der Waals surface area contributed by atoms with Crippen LogP contribution in [0.2, 0.25) is 0 Å². The summed E-state index contributed by atoms with van der Waals surface area (Å²) in [6, 6.07) is 11.9. The molecule has 0 bridgehead atoms. The van der Waals surface area contributed by atoms with Crippen molar-refractivity contribution in [3.05, 3.63) is 68.9 Å². The average molecular weight is 486 g/mol. The van der Waals surface area contributed by atoms with E-state index in [9.17, 15) is 4.79 Å². The molecule has 0 unspecified atom stereocenters. The first-order chi connectivity index (χ1) is 13.1. The van der Waals surface area contributed by atoms with Gasteiger partial charge in [0.1, 0.15) is 5.71 Å². The fourth-order valence-electron chi connectivity index (χ4n) is 3.61. The molecule has 1 aliphatic heterocycles. The number of carbonyl (C=O) groups is 1. The van der Waals surface area contributed by atoms with Crippen molar-refractivity contribution in [3.63, 3.8) is 0 Å². The molecule has 0 saturated heterocycles. The van der Waals surface area contributed by atoms with Crippen LogP contribution in [0.5, 0.6) is 0 Å². The van der Waals surface area contributed by atoms with Crippen molar-refractivity contribution in [1.82, 2.24) is 15.3 Å². The van der Waals surface area contributed by atoms with Crippen molar-refractivity contribution in [1.29, 1.82) is 0 Å². The van der Waals surface area contributed by atoms with Crippen molar-refractivity contribution < 1.29 is 4.79 Å². The number of nitrogens with one attached hydrogen (secondary N) is 3. The smallest absolute Gasteiger partial charge is 0.270 e. The normalized spacial score (nSPS) is 17.3. The highest BCUT2D eigenvalue weighted by molar-refractivity contribution is 9.10. The monoisotopic (exact) mass is 484 g/mol. The molecule has 2 aromatic heterocycles. The summed E-state index contributed by atoms with van der Waals surface area (Å²) < 4.78 is 2.01. The Balaban J connectivity index is 1.51. The Morgan fingerprint density at radius 3 is 2.33 bits per heavy atom. The zero-order chi connectivity index (χ0) is 18.5. The summed E-state index contributed by atoms with van der Waals surface area (Å²) in [5.41, 5.74) is 4.36. The maximum atomic E-state index is 12.8. The lowest BCUT2D eigenvalue weighted by atomic mass is 10.0. The Bertz CT molecular complexity index is 1240. The minimum Gasteiger partial charge on any atom is -0.361 e. The van der Waals surface area contributed by atoms with Crippen molar-refractivity contribution in [3.8, 4) is 0 Å². The van der Waals surface area contributed by atoms with Gasteiger partial charge in [-0.25, -0.2) is 0 Å². The van der Waals surface area contributed by atoms with E-state index in [1.807, 2.05) is 48.8 Å². The molecule has 5 rings (SSSR count). The van der Waals surface area contributed by atoms with Gasteiger partial charge in [-0.3, -0.25) is 9.79 Å². The fraction of sp³-hybridized carbons (Fsp3) is 0.100. The molecular weight excluding hydrogens is 472 g/mol. The van der Waals surface area contributed by atoms with Crippen LogP contribution in [0.15, 0.2) is 62.7 Å². The molecule has 0 fully saturated rings. The van der Waals surface area contributed by atoms with Gasteiger partial charge in [-0.15, -0.1) is 0 Å². The molecular formula is C20H14Br2N4O. The number of fused-ring (bicyclic) bond motifs is 2. The van der Waals surface area contributed by atoms with Gasteiger partial charge in [0.25, 0.3) is 5.91 Å². The molecule has 0 radical (unpaired) electrons. The molecule has 1 atom stereocenters. The van der Waals surface area contributed by atoms with Gasteiger partial charge in [0.05, 0.1) is 12.6 Å². The second-order valence-electron chi connectivity index (χ2n) is 6.54. The first-order valence-corrected chi connectivity index (χ1v) is 10.1. The number of benzene rings is 2. The predicted octanol–water partition coefficient (Wildman–Crippen LogP) is 4.83. The van der Waals surface area contributed by atoms with E-state index >= 15 is 0 Å². The Hall–Kier alpha value is -2.38. The van der Waals surface area contributed by atoms with E-state index < -0.39 is 0 Å². The van der Waals surface area contributed by atoms with Crippen LogP contribution in [-0.2, 0) is 4.79 Å².